The Balaban J connectivity index is 1.70. The van der Waals surface area contributed by atoms with E-state index < -0.39 is 0 Å². The van der Waals surface area contributed by atoms with Gasteiger partial charge in [-0.05, 0) is 49.3 Å². The minimum absolute atomic E-state index is 0.0278. The van der Waals surface area contributed by atoms with E-state index in [9.17, 15) is 4.79 Å². The van der Waals surface area contributed by atoms with E-state index in [4.69, 9.17) is 5.11 Å². The average Bonchev–Trinajstić information content (AvgIpc) is 2.97. The number of carbonyl (C=O) groups is 1. The number of hydrogen-bond acceptors (Lipinski definition) is 2. The number of hydrogen-bond donors (Lipinski definition) is 2. The van der Waals surface area contributed by atoms with Gasteiger partial charge in [-0.3, -0.25) is 0 Å². The number of aliphatic hydroxyl groups is 1. The summed E-state index contributed by atoms with van der Waals surface area (Å²) in [5.74, 6) is 0.241. The summed E-state index contributed by atoms with van der Waals surface area (Å²) in [6.45, 7) is 1.58. The molecule has 1 unspecified atom stereocenters. The monoisotopic (exact) mass is 274 g/mol. The molecular weight excluding hydrogens is 252 g/mol. The molecule has 0 aromatic heterocycles. The molecule has 0 spiro atoms. The molecule has 0 radical (unpaired) electrons. The van der Waals surface area contributed by atoms with Crippen molar-refractivity contribution in [2.24, 2.45) is 5.92 Å². The van der Waals surface area contributed by atoms with Crippen LogP contribution in [0.2, 0.25) is 0 Å². The van der Waals surface area contributed by atoms with Gasteiger partial charge < -0.3 is 15.3 Å². The van der Waals surface area contributed by atoms with Gasteiger partial charge in [0.05, 0.1) is 0 Å². The lowest BCUT2D eigenvalue weighted by atomic mass is 9.90. The van der Waals surface area contributed by atoms with Crippen LogP contribution in [0.15, 0.2) is 18.2 Å². The third-order valence-corrected chi connectivity index (χ3v) is 4.47. The lowest BCUT2D eigenvalue weighted by molar-refractivity contribution is 0.208. The number of anilines is 1. The molecule has 20 heavy (non-hydrogen) atoms. The standard InChI is InChI=1S/C16H22N2O2/c19-11-12-8-9-18(10-12)16(20)17-15-7-3-5-13-4-1-2-6-14(13)15/h3,5,7,12,19H,1-2,4,6,8-11H2,(H,17,20). The van der Waals surface area contributed by atoms with Crippen molar-refractivity contribution in [2.45, 2.75) is 32.1 Å². The number of benzene rings is 1. The predicted molar refractivity (Wildman–Crippen MR) is 78.9 cm³/mol. The third-order valence-electron chi connectivity index (χ3n) is 4.47. The second-order valence-electron chi connectivity index (χ2n) is 5.86. The minimum Gasteiger partial charge on any atom is -0.396 e. The summed E-state index contributed by atoms with van der Waals surface area (Å²) < 4.78 is 0. The number of likely N-dealkylation sites (tertiary alicyclic amines) is 1. The highest BCUT2D eigenvalue weighted by molar-refractivity contribution is 5.90. The topological polar surface area (TPSA) is 52.6 Å². The molecule has 4 nitrogen and oxygen atoms in total. The average molecular weight is 274 g/mol. The Kier molecular flexibility index (Phi) is 3.92. The zero-order valence-electron chi connectivity index (χ0n) is 11.8. The van der Waals surface area contributed by atoms with Gasteiger partial charge in [-0.2, -0.15) is 0 Å². The molecule has 1 aromatic carbocycles. The number of carbonyl (C=O) groups excluding carboxylic acids is 1. The van der Waals surface area contributed by atoms with Crippen LogP contribution < -0.4 is 5.32 Å². The molecule has 2 amide bonds. The number of amides is 2. The Morgan fingerprint density at radius 2 is 2.20 bits per heavy atom. The first-order chi connectivity index (χ1) is 9.78. The summed E-state index contributed by atoms with van der Waals surface area (Å²) in [7, 11) is 0. The number of fused-ring (bicyclic) bond motifs is 1. The molecule has 2 N–H and O–H groups in total. The van der Waals surface area contributed by atoms with Crippen molar-refractivity contribution >= 4 is 11.7 Å². The second kappa shape index (κ2) is 5.83. The lowest BCUT2D eigenvalue weighted by Crippen LogP contribution is -2.33. The van der Waals surface area contributed by atoms with Crippen molar-refractivity contribution in [3.63, 3.8) is 0 Å². The Hall–Kier alpha value is -1.55. The molecule has 1 atom stereocenters. The van der Waals surface area contributed by atoms with Crippen molar-refractivity contribution in [1.29, 1.82) is 0 Å². The summed E-state index contributed by atoms with van der Waals surface area (Å²) in [5, 5.41) is 12.2. The van der Waals surface area contributed by atoms with Gasteiger partial charge in [0.2, 0.25) is 0 Å². The van der Waals surface area contributed by atoms with Crippen LogP contribution in [0.3, 0.4) is 0 Å². The molecule has 0 saturated carbocycles. The van der Waals surface area contributed by atoms with Gasteiger partial charge in [0.1, 0.15) is 0 Å². The lowest BCUT2D eigenvalue weighted by Gasteiger charge is -2.22. The van der Waals surface area contributed by atoms with E-state index in [1.54, 1.807) is 0 Å². The van der Waals surface area contributed by atoms with Crippen LogP contribution >= 0.6 is 0 Å². The minimum atomic E-state index is -0.0278. The van der Waals surface area contributed by atoms with Gasteiger partial charge in [-0.15, -0.1) is 0 Å². The number of aryl methyl sites for hydroxylation is 1. The summed E-state index contributed by atoms with van der Waals surface area (Å²) in [6, 6.07) is 6.17. The third kappa shape index (κ3) is 2.66. The van der Waals surface area contributed by atoms with Crippen molar-refractivity contribution in [1.82, 2.24) is 4.90 Å². The zero-order chi connectivity index (χ0) is 13.9. The van der Waals surface area contributed by atoms with Crippen LogP contribution in [0.25, 0.3) is 0 Å². The van der Waals surface area contributed by atoms with Gasteiger partial charge in [-0.1, -0.05) is 12.1 Å². The maximum absolute atomic E-state index is 12.3. The highest BCUT2D eigenvalue weighted by atomic mass is 16.3. The van der Waals surface area contributed by atoms with Gasteiger partial charge in [0.15, 0.2) is 0 Å². The quantitative estimate of drug-likeness (QED) is 0.870. The van der Waals surface area contributed by atoms with E-state index in [0.29, 0.717) is 6.54 Å². The Bertz CT molecular complexity index is 501. The van der Waals surface area contributed by atoms with E-state index in [1.165, 1.54) is 24.0 Å². The SMILES string of the molecule is O=C(Nc1cccc2c1CCCC2)N1CCC(CO)C1. The maximum Gasteiger partial charge on any atom is 0.321 e. The zero-order valence-corrected chi connectivity index (χ0v) is 11.8. The first-order valence-electron chi connectivity index (χ1n) is 7.55. The summed E-state index contributed by atoms with van der Waals surface area (Å²) in [4.78, 5) is 14.1. The molecule has 1 aliphatic carbocycles. The van der Waals surface area contributed by atoms with Gasteiger partial charge in [0, 0.05) is 31.3 Å². The highest BCUT2D eigenvalue weighted by Gasteiger charge is 2.26. The van der Waals surface area contributed by atoms with Gasteiger partial charge in [0.25, 0.3) is 0 Å². The molecule has 3 rings (SSSR count). The fourth-order valence-corrected chi connectivity index (χ4v) is 3.26. The number of nitrogens with zero attached hydrogens (tertiary/aromatic N) is 1. The predicted octanol–water partition coefficient (Wildman–Crippen LogP) is 2.41. The van der Waals surface area contributed by atoms with Crippen molar-refractivity contribution in [3.05, 3.63) is 29.3 Å². The summed E-state index contributed by atoms with van der Waals surface area (Å²) >= 11 is 0. The van der Waals surface area contributed by atoms with Crippen LogP contribution in [0.5, 0.6) is 0 Å². The molecule has 1 saturated heterocycles. The summed E-state index contributed by atoms with van der Waals surface area (Å²) in [6.07, 6.45) is 5.53. The van der Waals surface area contributed by atoms with E-state index >= 15 is 0 Å². The molecule has 2 aliphatic rings. The number of urea groups is 1. The van der Waals surface area contributed by atoms with Crippen molar-refractivity contribution in [2.75, 3.05) is 25.0 Å². The number of rotatable bonds is 2. The number of nitrogens with one attached hydrogen (secondary N) is 1. The first-order valence-corrected chi connectivity index (χ1v) is 7.55. The fourth-order valence-electron chi connectivity index (χ4n) is 3.26. The molecule has 1 aromatic rings. The molecule has 1 aliphatic heterocycles. The second-order valence-corrected chi connectivity index (χ2v) is 5.86. The number of aliphatic hydroxyl groups excluding tert-OH is 1. The smallest absolute Gasteiger partial charge is 0.321 e. The summed E-state index contributed by atoms with van der Waals surface area (Å²) in [5.41, 5.74) is 3.66. The molecule has 0 bridgehead atoms. The normalized spacial score (nSPS) is 21.6. The fraction of sp³-hybridized carbons (Fsp3) is 0.562. The highest BCUT2D eigenvalue weighted by Crippen LogP contribution is 2.28. The van der Waals surface area contributed by atoms with Crippen LogP contribution in [-0.4, -0.2) is 35.7 Å². The van der Waals surface area contributed by atoms with Crippen LogP contribution in [0, 0.1) is 5.92 Å². The molecule has 4 heteroatoms. The Morgan fingerprint density at radius 3 is 3.00 bits per heavy atom. The van der Waals surface area contributed by atoms with E-state index in [0.717, 1.165) is 31.5 Å². The maximum atomic E-state index is 12.3. The van der Waals surface area contributed by atoms with Crippen molar-refractivity contribution in [3.8, 4) is 0 Å². The van der Waals surface area contributed by atoms with Gasteiger partial charge >= 0.3 is 6.03 Å². The van der Waals surface area contributed by atoms with Crippen LogP contribution in [0.1, 0.15) is 30.4 Å². The van der Waals surface area contributed by atoms with E-state index in [1.807, 2.05) is 17.0 Å². The van der Waals surface area contributed by atoms with Gasteiger partial charge in [-0.25, -0.2) is 4.79 Å². The molecule has 108 valence electrons. The molecular formula is C16H22N2O2. The molecule has 1 heterocycles. The Labute approximate surface area is 119 Å². The van der Waals surface area contributed by atoms with Crippen LogP contribution in [0.4, 0.5) is 10.5 Å². The van der Waals surface area contributed by atoms with Crippen molar-refractivity contribution < 1.29 is 9.90 Å². The largest absolute Gasteiger partial charge is 0.396 e. The first kappa shape index (κ1) is 13.4. The Morgan fingerprint density at radius 1 is 1.35 bits per heavy atom. The van der Waals surface area contributed by atoms with E-state index in [2.05, 4.69) is 11.4 Å². The van der Waals surface area contributed by atoms with Crippen LogP contribution in [-0.2, 0) is 12.8 Å². The molecule has 1 fully saturated rings. The van der Waals surface area contributed by atoms with E-state index in [-0.39, 0.29) is 18.6 Å².